The highest BCUT2D eigenvalue weighted by atomic mass is 16.5. The third-order valence-corrected chi connectivity index (χ3v) is 2.63. The van der Waals surface area contributed by atoms with Crippen molar-refractivity contribution >= 4 is 0 Å². The predicted octanol–water partition coefficient (Wildman–Crippen LogP) is -0.935. The Morgan fingerprint density at radius 2 is 1.75 bits per heavy atom. The summed E-state index contributed by atoms with van der Waals surface area (Å²) in [5.74, 6) is 0.234. The maximum Gasteiger partial charge on any atom is 0.181 e. The molecule has 1 saturated carbocycles. The fraction of sp³-hybridized carbons (Fsp3) is 1.00. The van der Waals surface area contributed by atoms with Crippen molar-refractivity contribution in [3.8, 4) is 0 Å². The lowest BCUT2D eigenvalue weighted by molar-refractivity contribution is -0.170. The Hall–Kier alpha value is -0.160. The summed E-state index contributed by atoms with van der Waals surface area (Å²) in [5.41, 5.74) is -1.28. The fourth-order valence-electron chi connectivity index (χ4n) is 1.70. The van der Waals surface area contributed by atoms with Gasteiger partial charge >= 0.3 is 0 Å². The Morgan fingerprint density at radius 3 is 2.00 bits per heavy atom. The molecule has 1 aliphatic rings. The zero-order valence-corrected chi connectivity index (χ0v) is 7.31. The predicted molar refractivity (Wildman–Crippen MR) is 42.1 cm³/mol. The molecule has 0 saturated heterocycles. The van der Waals surface area contributed by atoms with Crippen molar-refractivity contribution in [1.82, 2.24) is 0 Å². The van der Waals surface area contributed by atoms with Crippen molar-refractivity contribution in [2.45, 2.75) is 38.3 Å². The Morgan fingerprint density at radius 1 is 1.25 bits per heavy atom. The van der Waals surface area contributed by atoms with Crippen LogP contribution in [-0.2, 0) is 0 Å². The van der Waals surface area contributed by atoms with Gasteiger partial charge in [-0.05, 0) is 18.3 Å². The maximum absolute atomic E-state index is 9.63. The summed E-state index contributed by atoms with van der Waals surface area (Å²) >= 11 is 0. The molecule has 0 radical (unpaired) electrons. The highest BCUT2D eigenvalue weighted by Gasteiger charge is 2.60. The first-order chi connectivity index (χ1) is 5.39. The number of hydrogen-bond acceptors (Lipinski definition) is 4. The highest BCUT2D eigenvalue weighted by Crippen LogP contribution is 2.50. The molecule has 1 unspecified atom stereocenters. The van der Waals surface area contributed by atoms with Gasteiger partial charge in [0, 0.05) is 0 Å². The molecule has 4 nitrogen and oxygen atoms in total. The Bertz CT molecular complexity index is 168. The van der Waals surface area contributed by atoms with E-state index < -0.39 is 18.0 Å². The van der Waals surface area contributed by atoms with Gasteiger partial charge in [0.2, 0.25) is 0 Å². The molecule has 0 heterocycles. The van der Waals surface area contributed by atoms with E-state index in [9.17, 15) is 10.2 Å². The van der Waals surface area contributed by atoms with E-state index in [-0.39, 0.29) is 11.8 Å². The van der Waals surface area contributed by atoms with Crippen LogP contribution in [0.1, 0.15) is 20.3 Å². The zero-order valence-electron chi connectivity index (χ0n) is 7.31. The standard InChI is InChI=1S/C8H16O4/c1-4(2)5-3-8(5,12)6(9)7(10)11/h4-7,9-12H,3H2,1-2H3/t5-,6+,8?/m1/s1. The normalized spacial score (nSPS) is 37.5. The van der Waals surface area contributed by atoms with Gasteiger partial charge in [0.25, 0.3) is 0 Å². The highest BCUT2D eigenvalue weighted by molar-refractivity contribution is 5.09. The summed E-state index contributed by atoms with van der Waals surface area (Å²) in [7, 11) is 0. The summed E-state index contributed by atoms with van der Waals surface area (Å²) in [6.45, 7) is 3.86. The molecule has 0 spiro atoms. The second-order valence-electron chi connectivity index (χ2n) is 3.90. The minimum Gasteiger partial charge on any atom is -0.387 e. The lowest BCUT2D eigenvalue weighted by Crippen LogP contribution is -2.40. The van der Waals surface area contributed by atoms with E-state index in [2.05, 4.69) is 0 Å². The van der Waals surface area contributed by atoms with Crippen LogP contribution < -0.4 is 0 Å². The molecule has 1 aliphatic carbocycles. The lowest BCUT2D eigenvalue weighted by atomic mass is 10.0. The van der Waals surface area contributed by atoms with Gasteiger partial charge in [-0.2, -0.15) is 0 Å². The topological polar surface area (TPSA) is 80.9 Å². The van der Waals surface area contributed by atoms with Crippen molar-refractivity contribution in [2.24, 2.45) is 11.8 Å². The van der Waals surface area contributed by atoms with Crippen molar-refractivity contribution in [2.75, 3.05) is 0 Å². The number of rotatable bonds is 3. The van der Waals surface area contributed by atoms with E-state index in [4.69, 9.17) is 10.2 Å². The molecule has 0 aliphatic heterocycles. The molecular weight excluding hydrogens is 160 g/mol. The van der Waals surface area contributed by atoms with Gasteiger partial charge in [0.15, 0.2) is 6.29 Å². The third-order valence-electron chi connectivity index (χ3n) is 2.63. The van der Waals surface area contributed by atoms with E-state index in [1.807, 2.05) is 13.8 Å². The van der Waals surface area contributed by atoms with Crippen molar-refractivity contribution in [3.05, 3.63) is 0 Å². The third kappa shape index (κ3) is 1.47. The maximum atomic E-state index is 9.63. The van der Waals surface area contributed by atoms with Crippen LogP contribution >= 0.6 is 0 Å². The first-order valence-electron chi connectivity index (χ1n) is 4.16. The van der Waals surface area contributed by atoms with Crippen molar-refractivity contribution in [3.63, 3.8) is 0 Å². The van der Waals surface area contributed by atoms with Crippen LogP contribution in [0.2, 0.25) is 0 Å². The number of aliphatic hydroxyl groups is 4. The van der Waals surface area contributed by atoms with Crippen LogP contribution in [0.5, 0.6) is 0 Å². The molecule has 4 heteroatoms. The average Bonchev–Trinajstić information content (AvgIpc) is 2.62. The Labute approximate surface area is 71.5 Å². The van der Waals surface area contributed by atoms with Gasteiger partial charge in [-0.15, -0.1) is 0 Å². The molecule has 4 N–H and O–H groups in total. The monoisotopic (exact) mass is 176 g/mol. The summed E-state index contributed by atoms with van der Waals surface area (Å²) < 4.78 is 0. The van der Waals surface area contributed by atoms with Crippen LogP contribution in [0, 0.1) is 11.8 Å². The summed E-state index contributed by atoms with van der Waals surface area (Å²) in [4.78, 5) is 0. The second-order valence-corrected chi connectivity index (χ2v) is 3.90. The van der Waals surface area contributed by atoms with E-state index in [1.165, 1.54) is 0 Å². The van der Waals surface area contributed by atoms with Gasteiger partial charge in [0.05, 0.1) is 5.60 Å². The molecule has 72 valence electrons. The van der Waals surface area contributed by atoms with Crippen LogP contribution in [0.25, 0.3) is 0 Å². The zero-order chi connectivity index (χ0) is 9.52. The van der Waals surface area contributed by atoms with Gasteiger partial charge in [-0.1, -0.05) is 13.8 Å². The minimum absolute atomic E-state index is 0.0192. The van der Waals surface area contributed by atoms with Gasteiger partial charge < -0.3 is 20.4 Å². The molecule has 0 aromatic heterocycles. The largest absolute Gasteiger partial charge is 0.387 e. The molecule has 0 aromatic rings. The van der Waals surface area contributed by atoms with Crippen molar-refractivity contribution in [1.29, 1.82) is 0 Å². The smallest absolute Gasteiger partial charge is 0.181 e. The van der Waals surface area contributed by atoms with E-state index >= 15 is 0 Å². The Balaban J connectivity index is 2.54. The fourth-order valence-corrected chi connectivity index (χ4v) is 1.70. The molecule has 1 fully saturated rings. The Kier molecular flexibility index (Phi) is 2.45. The van der Waals surface area contributed by atoms with Crippen LogP contribution in [0.3, 0.4) is 0 Å². The molecule has 0 bridgehead atoms. The van der Waals surface area contributed by atoms with Crippen LogP contribution in [-0.4, -0.2) is 38.4 Å². The summed E-state index contributed by atoms with van der Waals surface area (Å²) in [6, 6.07) is 0. The summed E-state index contributed by atoms with van der Waals surface area (Å²) in [6.07, 6.45) is -2.84. The molecule has 12 heavy (non-hydrogen) atoms. The van der Waals surface area contributed by atoms with E-state index in [0.29, 0.717) is 6.42 Å². The van der Waals surface area contributed by atoms with Crippen molar-refractivity contribution < 1.29 is 20.4 Å². The molecule has 1 rings (SSSR count). The van der Waals surface area contributed by atoms with Crippen LogP contribution in [0.15, 0.2) is 0 Å². The molecular formula is C8H16O4. The van der Waals surface area contributed by atoms with Crippen LogP contribution in [0.4, 0.5) is 0 Å². The molecule has 0 aromatic carbocycles. The second kappa shape index (κ2) is 2.96. The minimum atomic E-state index is -1.85. The van der Waals surface area contributed by atoms with E-state index in [0.717, 1.165) is 0 Å². The van der Waals surface area contributed by atoms with Gasteiger partial charge in [-0.25, -0.2) is 0 Å². The molecule has 3 atom stereocenters. The quantitative estimate of drug-likeness (QED) is 0.419. The number of hydrogen-bond donors (Lipinski definition) is 4. The summed E-state index contributed by atoms with van der Waals surface area (Å²) in [5, 5.41) is 36.1. The average molecular weight is 176 g/mol. The number of aliphatic hydroxyl groups excluding tert-OH is 2. The molecule has 0 amide bonds. The van der Waals surface area contributed by atoms with E-state index in [1.54, 1.807) is 0 Å². The lowest BCUT2D eigenvalue weighted by Gasteiger charge is -2.20. The first-order valence-corrected chi connectivity index (χ1v) is 4.16. The van der Waals surface area contributed by atoms with Gasteiger partial charge in [-0.3, -0.25) is 0 Å². The van der Waals surface area contributed by atoms with Gasteiger partial charge in [0.1, 0.15) is 6.10 Å². The SMILES string of the molecule is CC(C)[C@H]1CC1(O)[C@@H](O)C(O)O. The first kappa shape index (κ1) is 9.92.